The number of nitrogens with one attached hydrogen (secondary N) is 1. The van der Waals surface area contributed by atoms with Crippen LogP contribution in [0.5, 0.6) is 11.5 Å². The number of hydrogen-bond donors (Lipinski definition) is 1. The highest BCUT2D eigenvalue weighted by Crippen LogP contribution is 2.35. The summed E-state index contributed by atoms with van der Waals surface area (Å²) < 4.78 is 12.7. The molecule has 3 aromatic rings. The van der Waals surface area contributed by atoms with Gasteiger partial charge in [-0.15, -0.1) is 0 Å². The van der Waals surface area contributed by atoms with E-state index in [9.17, 15) is 10.1 Å². The standard InChI is InChI=1S/C22H19Br2N3O4/c1-30-21-5-3-2-4-17(21)13-26-25-12-16-10-19(23)22(20(24)11-16)31-14-15-6-8-18(9-7-15)27(28)29/h2-12,26H,13-14H2,1H3/b25-12+. The van der Waals surface area contributed by atoms with Crippen molar-refractivity contribution in [3.63, 3.8) is 0 Å². The van der Waals surface area contributed by atoms with Gasteiger partial charge in [-0.25, -0.2) is 0 Å². The predicted molar refractivity (Wildman–Crippen MR) is 127 cm³/mol. The van der Waals surface area contributed by atoms with E-state index >= 15 is 0 Å². The molecular formula is C22H19Br2N3O4. The predicted octanol–water partition coefficient (Wildman–Crippen LogP) is 5.83. The van der Waals surface area contributed by atoms with E-state index in [0.717, 1.165) is 31.4 Å². The lowest BCUT2D eigenvalue weighted by atomic mass is 10.2. The summed E-state index contributed by atoms with van der Waals surface area (Å²) in [6.45, 7) is 0.822. The molecule has 31 heavy (non-hydrogen) atoms. The van der Waals surface area contributed by atoms with Gasteiger partial charge in [0.2, 0.25) is 0 Å². The highest BCUT2D eigenvalue weighted by atomic mass is 79.9. The lowest BCUT2D eigenvalue weighted by Gasteiger charge is -2.11. The summed E-state index contributed by atoms with van der Waals surface area (Å²) in [5.74, 6) is 1.45. The normalized spacial score (nSPS) is 10.8. The molecule has 9 heteroatoms. The second-order valence-electron chi connectivity index (χ2n) is 6.43. The number of hydrogen-bond acceptors (Lipinski definition) is 6. The molecule has 0 aromatic heterocycles. The Morgan fingerprint density at radius 1 is 1.10 bits per heavy atom. The van der Waals surface area contributed by atoms with Crippen molar-refractivity contribution in [2.45, 2.75) is 13.2 Å². The number of rotatable bonds is 9. The lowest BCUT2D eigenvalue weighted by molar-refractivity contribution is -0.384. The summed E-state index contributed by atoms with van der Waals surface area (Å²) in [5.41, 5.74) is 5.78. The van der Waals surface area contributed by atoms with Crippen molar-refractivity contribution in [2.24, 2.45) is 5.10 Å². The minimum atomic E-state index is -0.427. The quantitative estimate of drug-likeness (QED) is 0.206. The fraction of sp³-hybridized carbons (Fsp3) is 0.136. The topological polar surface area (TPSA) is 86.0 Å². The summed E-state index contributed by atoms with van der Waals surface area (Å²) in [6.07, 6.45) is 1.71. The molecule has 0 bridgehead atoms. The second-order valence-corrected chi connectivity index (χ2v) is 8.14. The number of nitrogens with zero attached hydrogens (tertiary/aromatic N) is 2. The number of benzene rings is 3. The molecule has 0 amide bonds. The molecule has 0 unspecified atom stereocenters. The Balaban J connectivity index is 1.60. The molecule has 0 aliphatic heterocycles. The monoisotopic (exact) mass is 547 g/mol. The number of hydrazone groups is 1. The number of nitro groups is 1. The molecule has 7 nitrogen and oxygen atoms in total. The smallest absolute Gasteiger partial charge is 0.269 e. The minimum Gasteiger partial charge on any atom is -0.496 e. The number of nitro benzene ring substituents is 1. The van der Waals surface area contributed by atoms with Crippen LogP contribution in [0, 0.1) is 10.1 Å². The second kappa shape index (κ2) is 10.9. The van der Waals surface area contributed by atoms with Crippen molar-refractivity contribution in [1.29, 1.82) is 0 Å². The van der Waals surface area contributed by atoms with Gasteiger partial charge in [-0.05, 0) is 73.3 Å². The Bertz CT molecular complexity index is 1070. The van der Waals surface area contributed by atoms with Crippen LogP contribution in [-0.2, 0) is 13.2 Å². The number of non-ortho nitro benzene ring substituents is 1. The highest BCUT2D eigenvalue weighted by Gasteiger charge is 2.10. The molecule has 0 saturated heterocycles. The van der Waals surface area contributed by atoms with Gasteiger partial charge >= 0.3 is 0 Å². The third kappa shape index (κ3) is 6.28. The van der Waals surface area contributed by atoms with Crippen LogP contribution in [0.3, 0.4) is 0 Å². The molecule has 0 heterocycles. The first kappa shape index (κ1) is 22.8. The van der Waals surface area contributed by atoms with Gasteiger partial charge in [0, 0.05) is 17.7 Å². The summed E-state index contributed by atoms with van der Waals surface area (Å²) in [5, 5.41) is 15.0. The Morgan fingerprint density at radius 2 is 1.77 bits per heavy atom. The molecule has 3 aromatic carbocycles. The Labute approximate surface area is 196 Å². The molecule has 3 rings (SSSR count). The van der Waals surface area contributed by atoms with Crippen LogP contribution < -0.4 is 14.9 Å². The fourth-order valence-electron chi connectivity index (χ4n) is 2.76. The molecule has 1 N–H and O–H groups in total. The zero-order valence-electron chi connectivity index (χ0n) is 16.5. The van der Waals surface area contributed by atoms with Crippen molar-refractivity contribution in [3.05, 3.63) is 96.4 Å². The largest absolute Gasteiger partial charge is 0.496 e. The van der Waals surface area contributed by atoms with Crippen LogP contribution in [0.15, 0.2) is 74.7 Å². The van der Waals surface area contributed by atoms with E-state index in [0.29, 0.717) is 12.3 Å². The van der Waals surface area contributed by atoms with E-state index in [2.05, 4.69) is 42.4 Å². The van der Waals surface area contributed by atoms with Crippen molar-refractivity contribution in [2.75, 3.05) is 7.11 Å². The molecule has 0 fully saturated rings. The molecule has 0 aliphatic carbocycles. The Kier molecular flexibility index (Phi) is 8.02. The maximum Gasteiger partial charge on any atom is 0.269 e. The number of para-hydroxylation sites is 1. The average Bonchev–Trinajstić information content (AvgIpc) is 2.76. The molecule has 0 spiro atoms. The number of ether oxygens (including phenoxy) is 2. The van der Waals surface area contributed by atoms with Gasteiger partial charge in [0.05, 0.1) is 33.7 Å². The van der Waals surface area contributed by atoms with Crippen LogP contribution in [0.4, 0.5) is 5.69 Å². The summed E-state index contributed by atoms with van der Waals surface area (Å²) in [7, 11) is 1.64. The van der Waals surface area contributed by atoms with E-state index in [-0.39, 0.29) is 12.3 Å². The van der Waals surface area contributed by atoms with Crippen LogP contribution >= 0.6 is 31.9 Å². The first-order valence-electron chi connectivity index (χ1n) is 9.21. The van der Waals surface area contributed by atoms with Crippen molar-refractivity contribution >= 4 is 43.8 Å². The lowest BCUT2D eigenvalue weighted by Crippen LogP contribution is -2.07. The average molecular weight is 549 g/mol. The van der Waals surface area contributed by atoms with Crippen molar-refractivity contribution in [1.82, 2.24) is 5.43 Å². The van der Waals surface area contributed by atoms with Crippen LogP contribution in [0.1, 0.15) is 16.7 Å². The number of halogens is 2. The van der Waals surface area contributed by atoms with Gasteiger partial charge in [0.15, 0.2) is 0 Å². The van der Waals surface area contributed by atoms with Crippen LogP contribution in [0.25, 0.3) is 0 Å². The third-order valence-corrected chi connectivity index (χ3v) is 5.50. The van der Waals surface area contributed by atoms with Gasteiger partial charge < -0.3 is 14.9 Å². The van der Waals surface area contributed by atoms with Gasteiger partial charge in [-0.2, -0.15) is 5.10 Å². The van der Waals surface area contributed by atoms with E-state index < -0.39 is 4.92 Å². The molecule has 0 saturated carbocycles. The van der Waals surface area contributed by atoms with Crippen LogP contribution in [-0.4, -0.2) is 18.2 Å². The van der Waals surface area contributed by atoms with Crippen molar-refractivity contribution in [3.8, 4) is 11.5 Å². The molecule has 0 aliphatic rings. The van der Waals surface area contributed by atoms with Gasteiger partial charge in [0.1, 0.15) is 18.1 Å². The van der Waals surface area contributed by atoms with Crippen molar-refractivity contribution < 1.29 is 14.4 Å². The number of methoxy groups -OCH3 is 1. The van der Waals surface area contributed by atoms with E-state index in [1.54, 1.807) is 25.5 Å². The van der Waals surface area contributed by atoms with E-state index in [1.807, 2.05) is 36.4 Å². The highest BCUT2D eigenvalue weighted by molar-refractivity contribution is 9.11. The Hall–Kier alpha value is -2.91. The summed E-state index contributed by atoms with van der Waals surface area (Å²) in [6, 6.07) is 17.8. The minimum absolute atomic E-state index is 0.0501. The maximum atomic E-state index is 10.7. The van der Waals surface area contributed by atoms with Gasteiger partial charge in [-0.3, -0.25) is 10.1 Å². The zero-order chi connectivity index (χ0) is 22.2. The van der Waals surface area contributed by atoms with Gasteiger partial charge in [-0.1, -0.05) is 18.2 Å². The summed E-state index contributed by atoms with van der Waals surface area (Å²) in [4.78, 5) is 10.3. The zero-order valence-corrected chi connectivity index (χ0v) is 19.7. The molecule has 0 atom stereocenters. The summed E-state index contributed by atoms with van der Waals surface area (Å²) >= 11 is 7.05. The van der Waals surface area contributed by atoms with E-state index in [4.69, 9.17) is 9.47 Å². The first-order valence-corrected chi connectivity index (χ1v) is 10.8. The van der Waals surface area contributed by atoms with Gasteiger partial charge in [0.25, 0.3) is 5.69 Å². The SMILES string of the molecule is COc1ccccc1CN/N=C/c1cc(Br)c(OCc2ccc([N+](=O)[O-])cc2)c(Br)c1. The first-order chi connectivity index (χ1) is 15.0. The van der Waals surface area contributed by atoms with Crippen LogP contribution in [0.2, 0.25) is 0 Å². The maximum absolute atomic E-state index is 10.7. The molecule has 0 radical (unpaired) electrons. The molecular weight excluding hydrogens is 530 g/mol. The third-order valence-electron chi connectivity index (χ3n) is 4.32. The fourth-order valence-corrected chi connectivity index (χ4v) is 4.21. The van der Waals surface area contributed by atoms with E-state index in [1.165, 1.54) is 12.1 Å². The molecule has 160 valence electrons. The Morgan fingerprint density at radius 3 is 2.42 bits per heavy atom.